The molecule has 1 aliphatic heterocycles. The van der Waals surface area contributed by atoms with E-state index in [0.717, 1.165) is 54.9 Å². The summed E-state index contributed by atoms with van der Waals surface area (Å²) in [5.74, 6) is 0.244. The maximum Gasteiger partial charge on any atom is 0.263 e. The fourth-order valence-electron chi connectivity index (χ4n) is 3.97. The number of ether oxygens (including phenoxy) is 3. The molecule has 0 radical (unpaired) electrons. The first-order valence-electron chi connectivity index (χ1n) is 11.6. The van der Waals surface area contributed by atoms with Crippen LogP contribution in [0.2, 0.25) is 0 Å². The van der Waals surface area contributed by atoms with E-state index >= 15 is 0 Å². The number of benzene rings is 1. The van der Waals surface area contributed by atoms with Crippen LogP contribution in [0.5, 0.6) is 5.88 Å². The highest BCUT2D eigenvalue weighted by Crippen LogP contribution is 2.30. The smallest absolute Gasteiger partial charge is 0.263 e. The Bertz CT molecular complexity index is 1090. The van der Waals surface area contributed by atoms with Crippen LogP contribution in [0.1, 0.15) is 25.0 Å². The zero-order valence-electron chi connectivity index (χ0n) is 20.1. The Morgan fingerprint density at radius 3 is 2.76 bits per heavy atom. The molecule has 0 bridgehead atoms. The van der Waals surface area contributed by atoms with E-state index in [-0.39, 0.29) is 5.91 Å². The highest BCUT2D eigenvalue weighted by atomic mass is 16.5. The van der Waals surface area contributed by atoms with Crippen molar-refractivity contribution in [3.05, 3.63) is 53.9 Å². The molecule has 0 atom stereocenters. The van der Waals surface area contributed by atoms with Crippen LogP contribution in [0.25, 0.3) is 10.9 Å². The number of morpholine rings is 1. The molecule has 9 nitrogen and oxygen atoms in total. The predicted molar refractivity (Wildman–Crippen MR) is 129 cm³/mol. The lowest BCUT2D eigenvalue weighted by molar-refractivity contribution is -0.134. The molecular formula is C25H33N5O4. The molecule has 182 valence electrons. The highest BCUT2D eigenvalue weighted by molar-refractivity contribution is 5.88. The van der Waals surface area contributed by atoms with Crippen molar-refractivity contribution in [3.63, 3.8) is 0 Å². The lowest BCUT2D eigenvalue weighted by Crippen LogP contribution is -2.49. The quantitative estimate of drug-likeness (QED) is 0.489. The molecule has 3 heterocycles. The van der Waals surface area contributed by atoms with Crippen molar-refractivity contribution in [2.45, 2.75) is 32.6 Å². The lowest BCUT2D eigenvalue weighted by atomic mass is 10.1. The fraction of sp³-hybridized carbons (Fsp3) is 0.480. The maximum absolute atomic E-state index is 13.0. The van der Waals surface area contributed by atoms with Crippen molar-refractivity contribution in [2.24, 2.45) is 0 Å². The molecule has 0 aliphatic carbocycles. The van der Waals surface area contributed by atoms with Crippen molar-refractivity contribution in [3.8, 4) is 5.88 Å². The number of rotatable bonds is 10. The lowest BCUT2D eigenvalue weighted by Gasteiger charge is -2.28. The molecule has 2 aromatic heterocycles. The molecule has 1 fully saturated rings. The SMILES string of the molecule is COCc1ccc2c(c1)c(OC(C)(C)C(=O)NCCN1CCOCC1)nn2Cc1cccnc1. The van der Waals surface area contributed by atoms with Crippen LogP contribution in [0.4, 0.5) is 0 Å². The van der Waals surface area contributed by atoms with Crippen LogP contribution in [-0.4, -0.2) is 77.7 Å². The van der Waals surface area contributed by atoms with Gasteiger partial charge in [0.1, 0.15) is 0 Å². The van der Waals surface area contributed by atoms with E-state index in [1.165, 1.54) is 0 Å². The van der Waals surface area contributed by atoms with E-state index in [1.807, 2.05) is 41.2 Å². The van der Waals surface area contributed by atoms with Gasteiger partial charge in [0.25, 0.3) is 5.91 Å². The number of amides is 1. The summed E-state index contributed by atoms with van der Waals surface area (Å²) < 4.78 is 18.8. The van der Waals surface area contributed by atoms with Crippen LogP contribution in [0.15, 0.2) is 42.7 Å². The van der Waals surface area contributed by atoms with Gasteiger partial charge in [-0.2, -0.15) is 0 Å². The van der Waals surface area contributed by atoms with E-state index in [2.05, 4.69) is 15.2 Å². The minimum Gasteiger partial charge on any atom is -0.460 e. The summed E-state index contributed by atoms with van der Waals surface area (Å²) >= 11 is 0. The van der Waals surface area contributed by atoms with Gasteiger partial charge in [-0.15, -0.1) is 5.10 Å². The van der Waals surface area contributed by atoms with Crippen molar-refractivity contribution in [1.82, 2.24) is 25.0 Å². The molecule has 0 unspecified atom stereocenters. The molecule has 3 aromatic rings. The highest BCUT2D eigenvalue weighted by Gasteiger charge is 2.32. The van der Waals surface area contributed by atoms with Gasteiger partial charge in [0.05, 0.1) is 37.3 Å². The van der Waals surface area contributed by atoms with Crippen LogP contribution in [-0.2, 0) is 27.4 Å². The van der Waals surface area contributed by atoms with Gasteiger partial charge in [-0.25, -0.2) is 0 Å². The number of hydrogen-bond acceptors (Lipinski definition) is 7. The van der Waals surface area contributed by atoms with Crippen LogP contribution >= 0.6 is 0 Å². The molecule has 4 rings (SSSR count). The zero-order valence-corrected chi connectivity index (χ0v) is 20.1. The van der Waals surface area contributed by atoms with Gasteiger partial charge in [-0.05, 0) is 43.2 Å². The van der Waals surface area contributed by atoms with Gasteiger partial charge in [0.15, 0.2) is 5.60 Å². The summed E-state index contributed by atoms with van der Waals surface area (Å²) in [6, 6.07) is 9.94. The predicted octanol–water partition coefficient (Wildman–Crippen LogP) is 2.23. The first-order valence-corrected chi connectivity index (χ1v) is 11.6. The third kappa shape index (κ3) is 5.91. The Hall–Kier alpha value is -3.01. The molecule has 1 aliphatic rings. The molecule has 1 aromatic carbocycles. The summed E-state index contributed by atoms with van der Waals surface area (Å²) in [5.41, 5.74) is 1.86. The standard InChI is InChI=1S/C25H33N5O4/c1-25(2,24(31)27-9-10-29-11-13-33-14-12-29)34-23-21-15-19(18-32-3)6-7-22(21)30(28-23)17-20-5-4-8-26-16-20/h4-8,15-16H,9-14,17-18H2,1-3H3,(H,27,31). The van der Waals surface area contributed by atoms with E-state index in [0.29, 0.717) is 25.6 Å². The number of fused-ring (bicyclic) bond motifs is 1. The Morgan fingerprint density at radius 2 is 2.03 bits per heavy atom. The third-order valence-corrected chi connectivity index (χ3v) is 5.86. The van der Waals surface area contributed by atoms with Crippen molar-refractivity contribution >= 4 is 16.8 Å². The number of methoxy groups -OCH3 is 1. The molecule has 1 N–H and O–H groups in total. The van der Waals surface area contributed by atoms with E-state index in [9.17, 15) is 4.79 Å². The van der Waals surface area contributed by atoms with Gasteiger partial charge in [-0.1, -0.05) is 12.1 Å². The number of nitrogens with zero attached hydrogens (tertiary/aromatic N) is 4. The monoisotopic (exact) mass is 467 g/mol. The van der Waals surface area contributed by atoms with Crippen molar-refractivity contribution in [2.75, 3.05) is 46.5 Å². The van der Waals surface area contributed by atoms with Gasteiger partial charge in [0.2, 0.25) is 5.88 Å². The number of nitrogens with one attached hydrogen (secondary N) is 1. The molecule has 1 saturated heterocycles. The molecular weight excluding hydrogens is 434 g/mol. The normalized spacial score (nSPS) is 14.9. The number of carbonyl (C=O) groups excluding carboxylic acids is 1. The number of pyridine rings is 1. The largest absolute Gasteiger partial charge is 0.460 e. The molecule has 0 spiro atoms. The Balaban J connectivity index is 1.51. The second-order valence-corrected chi connectivity index (χ2v) is 8.93. The second kappa shape index (κ2) is 10.9. The first-order chi connectivity index (χ1) is 16.5. The van der Waals surface area contributed by atoms with Crippen molar-refractivity contribution in [1.29, 1.82) is 0 Å². The van der Waals surface area contributed by atoms with Gasteiger partial charge in [-0.3, -0.25) is 19.4 Å². The van der Waals surface area contributed by atoms with Crippen LogP contribution in [0, 0.1) is 0 Å². The summed E-state index contributed by atoms with van der Waals surface area (Å²) in [6.07, 6.45) is 3.57. The van der Waals surface area contributed by atoms with Gasteiger partial charge < -0.3 is 19.5 Å². The Kier molecular flexibility index (Phi) is 7.77. The second-order valence-electron chi connectivity index (χ2n) is 8.93. The van der Waals surface area contributed by atoms with Gasteiger partial charge in [0, 0.05) is 45.7 Å². The third-order valence-electron chi connectivity index (χ3n) is 5.86. The minimum atomic E-state index is -1.09. The fourth-order valence-corrected chi connectivity index (χ4v) is 3.97. The Morgan fingerprint density at radius 1 is 1.21 bits per heavy atom. The summed E-state index contributed by atoms with van der Waals surface area (Å²) in [4.78, 5) is 19.5. The summed E-state index contributed by atoms with van der Waals surface area (Å²) in [5, 5.41) is 8.58. The molecule has 9 heteroatoms. The number of carbonyl (C=O) groups is 1. The van der Waals surface area contributed by atoms with E-state index < -0.39 is 5.60 Å². The minimum absolute atomic E-state index is 0.177. The Labute approximate surface area is 200 Å². The number of aromatic nitrogens is 3. The zero-order chi connectivity index (χ0) is 24.0. The van der Waals surface area contributed by atoms with Crippen LogP contribution < -0.4 is 10.1 Å². The topological polar surface area (TPSA) is 90.7 Å². The molecule has 0 saturated carbocycles. The van der Waals surface area contributed by atoms with Crippen molar-refractivity contribution < 1.29 is 19.0 Å². The van der Waals surface area contributed by atoms with Crippen LogP contribution in [0.3, 0.4) is 0 Å². The molecule has 34 heavy (non-hydrogen) atoms. The summed E-state index contributed by atoms with van der Waals surface area (Å²) in [7, 11) is 1.66. The average Bonchev–Trinajstić information content (AvgIpc) is 3.16. The summed E-state index contributed by atoms with van der Waals surface area (Å²) in [6.45, 7) is 9.15. The van der Waals surface area contributed by atoms with E-state index in [1.54, 1.807) is 27.2 Å². The maximum atomic E-state index is 13.0. The van der Waals surface area contributed by atoms with Gasteiger partial charge >= 0.3 is 0 Å². The number of hydrogen-bond donors (Lipinski definition) is 1. The average molecular weight is 468 g/mol. The first kappa shape index (κ1) is 24.1. The van der Waals surface area contributed by atoms with E-state index in [4.69, 9.17) is 19.3 Å². The molecule has 1 amide bonds.